The minimum Gasteiger partial charge on any atom is -0.461 e. The molecule has 0 radical (unpaired) electrons. The van der Waals surface area contributed by atoms with Crippen LogP contribution in [-0.2, 0) is 4.74 Å². The van der Waals surface area contributed by atoms with Crippen LogP contribution in [0.2, 0.25) is 5.02 Å². The van der Waals surface area contributed by atoms with E-state index in [1.807, 2.05) is 0 Å². The number of rotatable bonds is 5. The van der Waals surface area contributed by atoms with E-state index in [9.17, 15) is 14.9 Å². The van der Waals surface area contributed by atoms with Crippen LogP contribution in [0.25, 0.3) is 0 Å². The van der Waals surface area contributed by atoms with Gasteiger partial charge in [0.1, 0.15) is 0 Å². The van der Waals surface area contributed by atoms with Crippen molar-refractivity contribution >= 4 is 34.6 Å². The molecule has 0 aliphatic carbocycles. The van der Waals surface area contributed by atoms with Gasteiger partial charge in [-0.05, 0) is 30.4 Å². The topological polar surface area (TPSA) is 104 Å². The van der Waals surface area contributed by atoms with Gasteiger partial charge in [-0.25, -0.2) is 4.79 Å². The van der Waals surface area contributed by atoms with Gasteiger partial charge in [0.15, 0.2) is 0 Å². The number of nitrogens with zero attached hydrogens (tertiary/aromatic N) is 3. The van der Waals surface area contributed by atoms with Gasteiger partial charge < -0.3 is 9.47 Å². The summed E-state index contributed by atoms with van der Waals surface area (Å²) >= 11 is 6.52. The largest absolute Gasteiger partial charge is 0.461 e. The molecular formula is C11H8ClN3O5S. The van der Waals surface area contributed by atoms with Gasteiger partial charge in [-0.3, -0.25) is 10.1 Å². The Morgan fingerprint density at radius 2 is 2.24 bits per heavy atom. The summed E-state index contributed by atoms with van der Waals surface area (Å²) < 4.78 is 10.0. The highest BCUT2D eigenvalue weighted by molar-refractivity contribution is 7.14. The van der Waals surface area contributed by atoms with Crippen molar-refractivity contribution in [2.45, 2.75) is 6.92 Å². The maximum atomic E-state index is 11.4. The lowest BCUT2D eigenvalue weighted by Crippen LogP contribution is -2.03. The van der Waals surface area contributed by atoms with Gasteiger partial charge in [-0.15, -0.1) is 5.10 Å². The summed E-state index contributed by atoms with van der Waals surface area (Å²) in [7, 11) is 0. The molecule has 2 rings (SSSR count). The third-order valence-corrected chi connectivity index (χ3v) is 3.19. The molecule has 0 aliphatic rings. The number of halogens is 1. The molecular weight excluding hydrogens is 322 g/mol. The lowest BCUT2D eigenvalue weighted by atomic mass is 10.3. The molecule has 2 aromatic rings. The van der Waals surface area contributed by atoms with Crippen molar-refractivity contribution < 1.29 is 19.2 Å². The van der Waals surface area contributed by atoms with Crippen LogP contribution in [0.3, 0.4) is 0 Å². The fourth-order valence-electron chi connectivity index (χ4n) is 1.34. The fourth-order valence-corrected chi connectivity index (χ4v) is 2.11. The van der Waals surface area contributed by atoms with Gasteiger partial charge in [-0.1, -0.05) is 16.7 Å². The Labute approximate surface area is 127 Å². The zero-order chi connectivity index (χ0) is 15.4. The molecule has 1 aromatic carbocycles. The van der Waals surface area contributed by atoms with E-state index in [1.165, 1.54) is 12.1 Å². The van der Waals surface area contributed by atoms with Gasteiger partial charge in [0, 0.05) is 11.1 Å². The molecule has 110 valence electrons. The lowest BCUT2D eigenvalue weighted by Gasteiger charge is -2.02. The van der Waals surface area contributed by atoms with Crippen molar-refractivity contribution in [3.63, 3.8) is 0 Å². The Morgan fingerprint density at radius 3 is 2.90 bits per heavy atom. The Kier molecular flexibility index (Phi) is 4.66. The number of nitro benzene ring substituents is 1. The highest BCUT2D eigenvalue weighted by Crippen LogP contribution is 2.34. The van der Waals surface area contributed by atoms with Crippen molar-refractivity contribution in [3.8, 4) is 10.9 Å². The molecule has 0 spiro atoms. The van der Waals surface area contributed by atoms with Gasteiger partial charge in [-0.2, -0.15) is 0 Å². The Hall–Kier alpha value is -2.26. The molecule has 0 amide bonds. The molecule has 8 nitrogen and oxygen atoms in total. The van der Waals surface area contributed by atoms with Crippen LogP contribution in [0.15, 0.2) is 18.2 Å². The first-order chi connectivity index (χ1) is 10.0. The summed E-state index contributed by atoms with van der Waals surface area (Å²) in [6.45, 7) is 1.87. The van der Waals surface area contributed by atoms with Crippen molar-refractivity contribution in [1.82, 2.24) is 10.2 Å². The number of hydrogen-bond acceptors (Lipinski definition) is 8. The van der Waals surface area contributed by atoms with E-state index in [0.717, 1.165) is 17.4 Å². The molecule has 21 heavy (non-hydrogen) atoms. The molecule has 0 saturated heterocycles. The van der Waals surface area contributed by atoms with E-state index in [2.05, 4.69) is 10.2 Å². The highest BCUT2D eigenvalue weighted by atomic mass is 35.5. The molecule has 1 heterocycles. The molecule has 0 unspecified atom stereocenters. The van der Waals surface area contributed by atoms with Crippen LogP contribution < -0.4 is 4.74 Å². The number of carbonyl (C=O) groups excluding carboxylic acids is 1. The summed E-state index contributed by atoms with van der Waals surface area (Å²) in [5.41, 5.74) is -0.310. The average Bonchev–Trinajstić information content (AvgIpc) is 2.89. The predicted molar refractivity (Wildman–Crippen MR) is 74.0 cm³/mol. The second-order valence-electron chi connectivity index (χ2n) is 3.56. The van der Waals surface area contributed by atoms with E-state index in [1.54, 1.807) is 6.92 Å². The molecule has 10 heteroatoms. The number of aromatic nitrogens is 2. The van der Waals surface area contributed by atoms with E-state index in [4.69, 9.17) is 21.1 Å². The number of nitro groups is 1. The fraction of sp³-hybridized carbons (Fsp3) is 0.182. The zero-order valence-corrected chi connectivity index (χ0v) is 12.2. The second-order valence-corrected chi connectivity index (χ2v) is 4.94. The molecule has 0 aliphatic heterocycles. The molecule has 0 fully saturated rings. The summed E-state index contributed by atoms with van der Waals surface area (Å²) in [6, 6.07) is 3.94. The lowest BCUT2D eigenvalue weighted by molar-refractivity contribution is -0.385. The van der Waals surface area contributed by atoms with Crippen molar-refractivity contribution in [2.24, 2.45) is 0 Å². The van der Waals surface area contributed by atoms with Crippen LogP contribution in [0.4, 0.5) is 5.69 Å². The Balaban J connectivity index is 2.23. The first-order valence-corrected chi connectivity index (χ1v) is 6.83. The SMILES string of the molecule is CCOC(=O)c1nnc(Oc2ccc(Cl)cc2[N+](=O)[O-])s1. The average molecular weight is 330 g/mol. The summed E-state index contributed by atoms with van der Waals surface area (Å²) in [6.07, 6.45) is 0. The van der Waals surface area contributed by atoms with E-state index in [-0.39, 0.29) is 33.3 Å². The highest BCUT2D eigenvalue weighted by Gasteiger charge is 2.20. The standard InChI is InChI=1S/C11H8ClN3O5S/c1-2-19-10(16)9-13-14-11(21-9)20-8-4-3-6(12)5-7(8)15(17)18/h3-5H,2H2,1H3. The quantitative estimate of drug-likeness (QED) is 0.471. The van der Waals surface area contributed by atoms with Gasteiger partial charge in [0.25, 0.3) is 5.19 Å². The number of ether oxygens (including phenoxy) is 2. The molecule has 0 atom stereocenters. The number of benzene rings is 1. The molecule has 0 saturated carbocycles. The van der Waals surface area contributed by atoms with Gasteiger partial charge >= 0.3 is 11.7 Å². The van der Waals surface area contributed by atoms with Gasteiger partial charge in [0.2, 0.25) is 10.8 Å². The van der Waals surface area contributed by atoms with Gasteiger partial charge in [0.05, 0.1) is 11.5 Å². The van der Waals surface area contributed by atoms with Crippen LogP contribution in [-0.4, -0.2) is 27.7 Å². The predicted octanol–water partition coefficient (Wildman–Crippen LogP) is 3.07. The van der Waals surface area contributed by atoms with Crippen LogP contribution in [0, 0.1) is 10.1 Å². The Bertz CT molecular complexity index is 690. The normalized spacial score (nSPS) is 10.2. The number of hydrogen-bond donors (Lipinski definition) is 0. The summed E-state index contributed by atoms with van der Waals surface area (Å²) in [4.78, 5) is 21.7. The van der Waals surface area contributed by atoms with E-state index < -0.39 is 10.9 Å². The Morgan fingerprint density at radius 1 is 1.48 bits per heavy atom. The smallest absolute Gasteiger partial charge is 0.369 e. The van der Waals surface area contributed by atoms with Crippen LogP contribution >= 0.6 is 22.9 Å². The maximum absolute atomic E-state index is 11.4. The minimum absolute atomic E-state index is 0.00321. The molecule has 1 aromatic heterocycles. The van der Waals surface area contributed by atoms with Crippen molar-refractivity contribution in [3.05, 3.63) is 38.3 Å². The number of carbonyl (C=O) groups is 1. The van der Waals surface area contributed by atoms with Crippen LogP contribution in [0.1, 0.15) is 16.7 Å². The molecule has 0 bridgehead atoms. The summed E-state index contributed by atoms with van der Waals surface area (Å²) in [5, 5.41) is 18.3. The van der Waals surface area contributed by atoms with Crippen molar-refractivity contribution in [2.75, 3.05) is 6.61 Å². The monoisotopic (exact) mass is 329 g/mol. The molecule has 0 N–H and O–H groups in total. The zero-order valence-electron chi connectivity index (χ0n) is 10.6. The minimum atomic E-state index is -0.630. The maximum Gasteiger partial charge on any atom is 0.369 e. The van der Waals surface area contributed by atoms with E-state index >= 15 is 0 Å². The number of esters is 1. The third kappa shape index (κ3) is 3.64. The van der Waals surface area contributed by atoms with Crippen molar-refractivity contribution in [1.29, 1.82) is 0 Å². The van der Waals surface area contributed by atoms with E-state index in [0.29, 0.717) is 0 Å². The van der Waals surface area contributed by atoms with Crippen LogP contribution in [0.5, 0.6) is 10.9 Å². The third-order valence-electron chi connectivity index (χ3n) is 2.17. The summed E-state index contributed by atoms with van der Waals surface area (Å²) in [5.74, 6) is -0.675. The first kappa shape index (κ1) is 15.1. The first-order valence-electron chi connectivity index (χ1n) is 5.63. The second kappa shape index (κ2) is 6.46.